The van der Waals surface area contributed by atoms with Gasteiger partial charge < -0.3 is 20.1 Å². The number of ether oxygens (including phenoxy) is 2. The minimum Gasteiger partial charge on any atom is -0.382 e. The van der Waals surface area contributed by atoms with Crippen LogP contribution in [0.25, 0.3) is 0 Å². The molecule has 96 valence electrons. The monoisotopic (exact) mass is 230 g/mol. The van der Waals surface area contributed by atoms with Crippen LogP contribution >= 0.6 is 0 Å². The molecule has 1 heterocycles. The molecule has 1 aliphatic rings. The molecular weight excluding hydrogens is 204 g/mol. The SMILES string of the molecule is COCCOCCCN1CCC(N)C(C)C1. The summed E-state index contributed by atoms with van der Waals surface area (Å²) < 4.78 is 10.4. The second-order valence-corrected chi connectivity index (χ2v) is 4.69. The Morgan fingerprint density at radius 1 is 1.31 bits per heavy atom. The van der Waals surface area contributed by atoms with E-state index >= 15 is 0 Å². The molecule has 16 heavy (non-hydrogen) atoms. The predicted molar refractivity (Wildman–Crippen MR) is 65.5 cm³/mol. The lowest BCUT2D eigenvalue weighted by atomic mass is 9.95. The predicted octanol–water partition coefficient (Wildman–Crippen LogP) is 0.709. The Bertz CT molecular complexity index is 178. The molecule has 4 nitrogen and oxygen atoms in total. The molecule has 2 unspecified atom stereocenters. The van der Waals surface area contributed by atoms with Gasteiger partial charge in [-0.1, -0.05) is 6.92 Å². The first-order valence-corrected chi connectivity index (χ1v) is 6.28. The van der Waals surface area contributed by atoms with Gasteiger partial charge in [0.2, 0.25) is 0 Å². The van der Waals surface area contributed by atoms with Gasteiger partial charge in [-0.05, 0) is 25.3 Å². The summed E-state index contributed by atoms with van der Waals surface area (Å²) in [5.41, 5.74) is 5.98. The van der Waals surface area contributed by atoms with Gasteiger partial charge in [0.15, 0.2) is 0 Å². The van der Waals surface area contributed by atoms with E-state index in [0.29, 0.717) is 25.2 Å². The number of hydrogen-bond acceptors (Lipinski definition) is 4. The van der Waals surface area contributed by atoms with E-state index < -0.39 is 0 Å². The van der Waals surface area contributed by atoms with Crippen molar-refractivity contribution in [1.82, 2.24) is 4.90 Å². The maximum Gasteiger partial charge on any atom is 0.0700 e. The van der Waals surface area contributed by atoms with E-state index in [1.54, 1.807) is 7.11 Å². The lowest BCUT2D eigenvalue weighted by molar-refractivity contribution is 0.0620. The van der Waals surface area contributed by atoms with Crippen molar-refractivity contribution in [1.29, 1.82) is 0 Å². The summed E-state index contributed by atoms with van der Waals surface area (Å²) in [6.45, 7) is 7.88. The lowest BCUT2D eigenvalue weighted by Gasteiger charge is -2.35. The smallest absolute Gasteiger partial charge is 0.0700 e. The van der Waals surface area contributed by atoms with E-state index in [4.69, 9.17) is 15.2 Å². The van der Waals surface area contributed by atoms with Gasteiger partial charge in [-0.3, -0.25) is 0 Å². The molecule has 0 radical (unpaired) electrons. The normalized spacial score (nSPS) is 27.2. The van der Waals surface area contributed by atoms with Crippen molar-refractivity contribution in [2.24, 2.45) is 11.7 Å². The Morgan fingerprint density at radius 3 is 2.81 bits per heavy atom. The van der Waals surface area contributed by atoms with Crippen molar-refractivity contribution in [2.75, 3.05) is 46.6 Å². The van der Waals surface area contributed by atoms with Crippen LogP contribution in [0.1, 0.15) is 19.8 Å². The highest BCUT2D eigenvalue weighted by molar-refractivity contribution is 4.79. The van der Waals surface area contributed by atoms with Gasteiger partial charge in [0.25, 0.3) is 0 Å². The minimum atomic E-state index is 0.397. The van der Waals surface area contributed by atoms with Crippen molar-refractivity contribution >= 4 is 0 Å². The lowest BCUT2D eigenvalue weighted by Crippen LogP contribution is -2.46. The van der Waals surface area contributed by atoms with Crippen molar-refractivity contribution in [3.8, 4) is 0 Å². The quantitative estimate of drug-likeness (QED) is 0.654. The number of hydrogen-bond donors (Lipinski definition) is 1. The zero-order valence-electron chi connectivity index (χ0n) is 10.7. The molecule has 0 saturated carbocycles. The van der Waals surface area contributed by atoms with Crippen LogP contribution in [0.4, 0.5) is 0 Å². The van der Waals surface area contributed by atoms with Crippen molar-refractivity contribution in [2.45, 2.75) is 25.8 Å². The third-order valence-electron chi connectivity index (χ3n) is 3.25. The number of nitrogens with two attached hydrogens (primary N) is 1. The van der Waals surface area contributed by atoms with Crippen LogP contribution in [0.3, 0.4) is 0 Å². The van der Waals surface area contributed by atoms with Gasteiger partial charge in [0, 0.05) is 32.8 Å². The first-order valence-electron chi connectivity index (χ1n) is 6.28. The highest BCUT2D eigenvalue weighted by Gasteiger charge is 2.22. The van der Waals surface area contributed by atoms with Gasteiger partial charge in [0.05, 0.1) is 13.2 Å². The van der Waals surface area contributed by atoms with Crippen LogP contribution in [0.5, 0.6) is 0 Å². The largest absolute Gasteiger partial charge is 0.382 e. The summed E-state index contributed by atoms with van der Waals surface area (Å²) in [6, 6.07) is 0.397. The first kappa shape index (κ1) is 13.9. The van der Waals surface area contributed by atoms with Crippen LogP contribution in [0, 0.1) is 5.92 Å². The van der Waals surface area contributed by atoms with Crippen LogP contribution in [0.2, 0.25) is 0 Å². The van der Waals surface area contributed by atoms with E-state index in [9.17, 15) is 0 Å². The van der Waals surface area contributed by atoms with E-state index in [-0.39, 0.29) is 0 Å². The number of rotatable bonds is 7. The van der Waals surface area contributed by atoms with Gasteiger partial charge in [-0.25, -0.2) is 0 Å². The molecule has 0 aromatic carbocycles. The zero-order chi connectivity index (χ0) is 11.8. The molecule has 0 bridgehead atoms. The Balaban J connectivity index is 1.97. The van der Waals surface area contributed by atoms with Crippen molar-refractivity contribution in [3.05, 3.63) is 0 Å². The number of methoxy groups -OCH3 is 1. The summed E-state index contributed by atoms with van der Waals surface area (Å²) in [6.07, 6.45) is 2.23. The van der Waals surface area contributed by atoms with E-state index in [1.165, 1.54) is 0 Å². The molecule has 1 rings (SSSR count). The number of nitrogens with zero attached hydrogens (tertiary/aromatic N) is 1. The van der Waals surface area contributed by atoms with Crippen molar-refractivity contribution in [3.63, 3.8) is 0 Å². The summed E-state index contributed by atoms with van der Waals surface area (Å²) in [7, 11) is 1.70. The molecule has 1 fully saturated rings. The summed E-state index contributed by atoms with van der Waals surface area (Å²) in [4.78, 5) is 2.49. The average Bonchev–Trinajstić information content (AvgIpc) is 2.28. The highest BCUT2D eigenvalue weighted by atomic mass is 16.5. The van der Waals surface area contributed by atoms with Crippen LogP contribution in [-0.2, 0) is 9.47 Å². The Kier molecular flexibility index (Phi) is 6.96. The maximum absolute atomic E-state index is 5.98. The minimum absolute atomic E-state index is 0.397. The molecule has 0 amide bonds. The molecule has 0 aromatic rings. The fraction of sp³-hybridized carbons (Fsp3) is 1.00. The van der Waals surface area contributed by atoms with Crippen LogP contribution in [0.15, 0.2) is 0 Å². The Labute approximate surface area is 99.1 Å². The van der Waals surface area contributed by atoms with Gasteiger partial charge in [0.1, 0.15) is 0 Å². The van der Waals surface area contributed by atoms with E-state index in [1.807, 2.05) is 0 Å². The van der Waals surface area contributed by atoms with E-state index in [2.05, 4.69) is 11.8 Å². The molecule has 2 atom stereocenters. The van der Waals surface area contributed by atoms with Crippen LogP contribution in [-0.4, -0.2) is 57.5 Å². The Morgan fingerprint density at radius 2 is 2.12 bits per heavy atom. The molecule has 4 heteroatoms. The third kappa shape index (κ3) is 5.25. The summed E-state index contributed by atoms with van der Waals surface area (Å²) in [5, 5.41) is 0. The Hall–Kier alpha value is -0.160. The second-order valence-electron chi connectivity index (χ2n) is 4.69. The number of piperidine rings is 1. The first-order chi connectivity index (χ1) is 7.74. The third-order valence-corrected chi connectivity index (χ3v) is 3.25. The molecular formula is C12H26N2O2. The highest BCUT2D eigenvalue weighted by Crippen LogP contribution is 2.14. The fourth-order valence-electron chi connectivity index (χ4n) is 2.09. The fourth-order valence-corrected chi connectivity index (χ4v) is 2.09. The van der Waals surface area contributed by atoms with Crippen LogP contribution < -0.4 is 5.73 Å². The van der Waals surface area contributed by atoms with Gasteiger partial charge in [-0.2, -0.15) is 0 Å². The molecule has 1 aliphatic heterocycles. The average molecular weight is 230 g/mol. The van der Waals surface area contributed by atoms with Gasteiger partial charge >= 0.3 is 0 Å². The maximum atomic E-state index is 5.98. The van der Waals surface area contributed by atoms with Crippen molar-refractivity contribution < 1.29 is 9.47 Å². The molecule has 1 saturated heterocycles. The van der Waals surface area contributed by atoms with Gasteiger partial charge in [-0.15, -0.1) is 0 Å². The molecule has 0 aromatic heterocycles. The molecule has 0 spiro atoms. The second kappa shape index (κ2) is 8.01. The standard InChI is InChI=1S/C12H26N2O2/c1-11-10-14(6-4-12(11)13)5-3-7-16-9-8-15-2/h11-12H,3-10,13H2,1-2H3. The topological polar surface area (TPSA) is 47.7 Å². The number of likely N-dealkylation sites (tertiary alicyclic amines) is 1. The summed E-state index contributed by atoms with van der Waals surface area (Å²) >= 11 is 0. The zero-order valence-corrected chi connectivity index (χ0v) is 10.7. The molecule has 0 aliphatic carbocycles. The van der Waals surface area contributed by atoms with E-state index in [0.717, 1.165) is 39.1 Å². The molecule has 2 N–H and O–H groups in total. The summed E-state index contributed by atoms with van der Waals surface area (Å²) in [5.74, 6) is 0.628.